The number of hydrogen-bond acceptors (Lipinski definition) is 8. The number of aliphatic hydroxyl groups is 1. The molecule has 210 valence electrons. The molecule has 0 atom stereocenters. The molecule has 3 aromatic carbocycles. The van der Waals surface area contributed by atoms with E-state index < -0.39 is 23.4 Å². The molecule has 0 radical (unpaired) electrons. The maximum atomic E-state index is 12.1. The summed E-state index contributed by atoms with van der Waals surface area (Å²) >= 11 is 0. The van der Waals surface area contributed by atoms with Gasteiger partial charge in [-0.05, 0) is 72.4 Å². The number of nitrogens with zero attached hydrogens (tertiary/aromatic N) is 1. The van der Waals surface area contributed by atoms with Gasteiger partial charge in [-0.15, -0.1) is 5.06 Å². The minimum absolute atomic E-state index is 0.0761. The monoisotopic (exact) mass is 547 g/mol. The van der Waals surface area contributed by atoms with E-state index in [0.29, 0.717) is 64.9 Å². The summed E-state index contributed by atoms with van der Waals surface area (Å²) in [6.45, 7) is 0.443. The molecule has 0 bridgehead atoms. The number of carbonyl (C=O) groups is 3. The molecule has 0 unspecified atom stereocenters. The lowest BCUT2D eigenvalue weighted by Gasteiger charge is -2.30. The molecule has 40 heavy (non-hydrogen) atoms. The second-order valence-corrected chi connectivity index (χ2v) is 9.40. The number of hydroxylamine groups is 2. The molecule has 1 aliphatic heterocycles. The second-order valence-electron chi connectivity index (χ2n) is 9.40. The molecule has 0 saturated carbocycles. The Morgan fingerprint density at radius 1 is 0.725 bits per heavy atom. The van der Waals surface area contributed by atoms with E-state index >= 15 is 0 Å². The number of ether oxygens (including phenoxy) is 3. The van der Waals surface area contributed by atoms with Crippen molar-refractivity contribution in [1.29, 1.82) is 0 Å². The number of carbonyl (C=O) groups excluding carboxylic acids is 3. The molecular formula is C31H33NO8. The Hall–Kier alpha value is -4.37. The number of benzene rings is 3. The molecule has 1 saturated heterocycles. The van der Waals surface area contributed by atoms with Crippen LogP contribution in [-0.4, -0.2) is 48.8 Å². The molecule has 0 aromatic heterocycles. The van der Waals surface area contributed by atoms with Crippen LogP contribution < -0.4 is 14.2 Å². The van der Waals surface area contributed by atoms with Crippen molar-refractivity contribution in [2.45, 2.75) is 44.1 Å². The van der Waals surface area contributed by atoms with Crippen LogP contribution in [0, 0.1) is 0 Å². The van der Waals surface area contributed by atoms with Gasteiger partial charge in [0, 0.05) is 19.3 Å². The van der Waals surface area contributed by atoms with Crippen LogP contribution in [0.2, 0.25) is 0 Å². The average Bonchev–Trinajstić information content (AvgIpc) is 3.31. The zero-order valence-corrected chi connectivity index (χ0v) is 22.6. The van der Waals surface area contributed by atoms with Gasteiger partial charge in [-0.1, -0.05) is 36.4 Å². The third-order valence-electron chi connectivity index (χ3n) is 6.78. The van der Waals surface area contributed by atoms with Gasteiger partial charge in [0.05, 0.1) is 20.8 Å². The van der Waals surface area contributed by atoms with Crippen LogP contribution in [0.15, 0.2) is 72.8 Å². The maximum Gasteiger partial charge on any atom is 0.333 e. The van der Waals surface area contributed by atoms with Crippen LogP contribution in [0.25, 0.3) is 0 Å². The molecule has 1 aliphatic rings. The van der Waals surface area contributed by atoms with Crippen molar-refractivity contribution in [3.05, 3.63) is 89.5 Å². The smallest absolute Gasteiger partial charge is 0.333 e. The molecule has 9 heteroatoms. The van der Waals surface area contributed by atoms with E-state index in [-0.39, 0.29) is 19.3 Å². The fourth-order valence-electron chi connectivity index (χ4n) is 4.50. The molecule has 4 rings (SSSR count). The van der Waals surface area contributed by atoms with Crippen molar-refractivity contribution >= 4 is 17.8 Å². The Morgan fingerprint density at radius 2 is 1.18 bits per heavy atom. The van der Waals surface area contributed by atoms with Crippen molar-refractivity contribution in [3.8, 4) is 17.2 Å². The average molecular weight is 548 g/mol. The zero-order chi connectivity index (χ0) is 28.5. The molecule has 0 spiro atoms. The predicted octanol–water partition coefficient (Wildman–Crippen LogP) is 4.53. The maximum absolute atomic E-state index is 12.1. The van der Waals surface area contributed by atoms with Crippen molar-refractivity contribution in [2.75, 3.05) is 20.8 Å². The second kappa shape index (κ2) is 13.1. The minimum Gasteiger partial charge on any atom is -0.497 e. The molecule has 1 fully saturated rings. The van der Waals surface area contributed by atoms with Gasteiger partial charge in [0.25, 0.3) is 11.8 Å². The molecule has 1 N–H and O–H groups in total. The SMILES string of the molecule is COc1ccc(C(O)(c2ccc(OC)cc2)c2ccc(OCCCCCC(=O)ON3C(=O)CCC3=O)cc2)cc1. The van der Waals surface area contributed by atoms with Crippen LogP contribution in [0.3, 0.4) is 0 Å². The highest BCUT2D eigenvalue weighted by molar-refractivity contribution is 6.01. The topological polar surface area (TPSA) is 112 Å². The van der Waals surface area contributed by atoms with E-state index in [9.17, 15) is 19.5 Å². The van der Waals surface area contributed by atoms with E-state index in [1.165, 1.54) is 0 Å². The third kappa shape index (κ3) is 6.60. The number of unbranched alkanes of at least 4 members (excludes halogenated alkanes) is 2. The van der Waals surface area contributed by atoms with Gasteiger partial charge in [0.1, 0.15) is 22.8 Å². The molecule has 2 amide bonds. The van der Waals surface area contributed by atoms with E-state index in [1.807, 2.05) is 72.8 Å². The van der Waals surface area contributed by atoms with Crippen LogP contribution in [0.1, 0.15) is 55.2 Å². The van der Waals surface area contributed by atoms with Crippen molar-refractivity contribution in [3.63, 3.8) is 0 Å². The Balaban J connectivity index is 1.33. The van der Waals surface area contributed by atoms with Gasteiger partial charge in [0.15, 0.2) is 0 Å². The van der Waals surface area contributed by atoms with Gasteiger partial charge < -0.3 is 24.2 Å². The summed E-state index contributed by atoms with van der Waals surface area (Å²) in [4.78, 5) is 39.8. The highest BCUT2D eigenvalue weighted by Crippen LogP contribution is 2.38. The van der Waals surface area contributed by atoms with Gasteiger partial charge in [0.2, 0.25) is 0 Å². The molecule has 1 heterocycles. The Bertz CT molecular complexity index is 1240. The van der Waals surface area contributed by atoms with Crippen LogP contribution in [0.4, 0.5) is 0 Å². The first-order valence-corrected chi connectivity index (χ1v) is 13.2. The fourth-order valence-corrected chi connectivity index (χ4v) is 4.50. The van der Waals surface area contributed by atoms with Crippen LogP contribution >= 0.6 is 0 Å². The summed E-state index contributed by atoms with van der Waals surface area (Å²) in [5.74, 6) is 0.479. The minimum atomic E-state index is -1.42. The molecule has 0 aliphatic carbocycles. The first-order valence-electron chi connectivity index (χ1n) is 13.2. The van der Waals surface area contributed by atoms with Crippen molar-refractivity contribution in [2.24, 2.45) is 0 Å². The Morgan fingerprint density at radius 3 is 1.62 bits per heavy atom. The lowest BCUT2D eigenvalue weighted by molar-refractivity contribution is -0.197. The zero-order valence-electron chi connectivity index (χ0n) is 22.6. The fraction of sp³-hybridized carbons (Fsp3) is 0.323. The largest absolute Gasteiger partial charge is 0.497 e. The Kier molecular flexibility index (Phi) is 9.39. The van der Waals surface area contributed by atoms with Gasteiger partial charge in [-0.25, -0.2) is 4.79 Å². The Labute approximate surface area is 233 Å². The lowest BCUT2D eigenvalue weighted by atomic mass is 9.80. The first-order chi connectivity index (χ1) is 19.3. The third-order valence-corrected chi connectivity index (χ3v) is 6.78. The lowest BCUT2D eigenvalue weighted by Crippen LogP contribution is -2.31. The molecular weight excluding hydrogens is 514 g/mol. The summed E-state index contributed by atoms with van der Waals surface area (Å²) in [6, 6.07) is 21.9. The predicted molar refractivity (Wildman–Crippen MR) is 146 cm³/mol. The van der Waals surface area contributed by atoms with E-state index in [1.54, 1.807) is 14.2 Å². The summed E-state index contributed by atoms with van der Waals surface area (Å²) in [5.41, 5.74) is 0.618. The van der Waals surface area contributed by atoms with E-state index in [4.69, 9.17) is 19.0 Å². The molecule has 3 aromatic rings. The standard InChI is InChI=1S/C31H33NO8/c1-37-25-13-7-22(8-14-25)31(36,23-9-15-26(38-2)16-10-23)24-11-17-27(18-12-24)39-21-5-3-4-6-30(35)40-32-28(33)19-20-29(32)34/h7-18,36H,3-6,19-21H2,1-2H3. The number of amides is 2. The number of hydrogen-bond donors (Lipinski definition) is 1. The quantitative estimate of drug-likeness (QED) is 0.189. The summed E-state index contributed by atoms with van der Waals surface area (Å²) in [5, 5.41) is 12.6. The van der Waals surface area contributed by atoms with Gasteiger partial charge >= 0.3 is 5.97 Å². The summed E-state index contributed by atoms with van der Waals surface area (Å²) in [7, 11) is 3.19. The van der Waals surface area contributed by atoms with Crippen LogP contribution in [0.5, 0.6) is 17.2 Å². The summed E-state index contributed by atoms with van der Waals surface area (Å²) < 4.78 is 16.4. The summed E-state index contributed by atoms with van der Waals surface area (Å²) in [6.07, 6.45) is 2.23. The first kappa shape index (κ1) is 28.6. The number of rotatable bonds is 13. The highest BCUT2D eigenvalue weighted by atomic mass is 16.7. The van der Waals surface area contributed by atoms with Crippen molar-refractivity contribution in [1.82, 2.24) is 5.06 Å². The van der Waals surface area contributed by atoms with Gasteiger partial charge in [-0.2, -0.15) is 0 Å². The van der Waals surface area contributed by atoms with Gasteiger partial charge in [-0.3, -0.25) is 9.59 Å². The van der Waals surface area contributed by atoms with E-state index in [0.717, 1.165) is 0 Å². The van der Waals surface area contributed by atoms with Crippen molar-refractivity contribution < 1.29 is 38.5 Å². The highest BCUT2D eigenvalue weighted by Gasteiger charge is 2.34. The van der Waals surface area contributed by atoms with Crippen LogP contribution in [-0.2, 0) is 24.8 Å². The van der Waals surface area contributed by atoms with E-state index in [2.05, 4.69) is 0 Å². The molecule has 9 nitrogen and oxygen atoms in total. The number of methoxy groups -OCH3 is 2. The normalized spacial score (nSPS) is 13.3. The number of imide groups is 1.